The lowest BCUT2D eigenvalue weighted by molar-refractivity contribution is 1.28. The number of fused-ring (bicyclic) bond motifs is 1. The van der Waals surface area contributed by atoms with Gasteiger partial charge in [-0.15, -0.1) is 11.3 Å². The minimum Gasteiger partial charge on any atom is -0.373 e. The van der Waals surface area contributed by atoms with Crippen molar-refractivity contribution in [2.75, 3.05) is 17.7 Å². The van der Waals surface area contributed by atoms with Crippen LogP contribution in [-0.4, -0.2) is 12.0 Å². The van der Waals surface area contributed by atoms with Gasteiger partial charge in [-0.05, 0) is 41.1 Å². The van der Waals surface area contributed by atoms with Gasteiger partial charge in [-0.2, -0.15) is 0 Å². The van der Waals surface area contributed by atoms with Crippen molar-refractivity contribution in [3.8, 4) is 0 Å². The number of pyridine rings is 1. The molecule has 3 nitrogen and oxygen atoms in total. The molecule has 0 aliphatic heterocycles. The maximum absolute atomic E-state index is 4.19. The van der Waals surface area contributed by atoms with Crippen molar-refractivity contribution in [2.45, 2.75) is 0 Å². The molecule has 4 heteroatoms. The number of thiophene rings is 1. The normalized spacial score (nSPS) is 10.5. The standard InChI is InChI=1S/C14H13N3S/c1-15-14-9-12(4-6-16-14)17-11-2-3-13-10(8-11)5-7-18-13/h2-9H,1H3,(H2,15,16,17). The SMILES string of the molecule is CNc1cc(Nc2ccc3sccc3c2)ccn1. The van der Waals surface area contributed by atoms with Crippen LogP contribution < -0.4 is 10.6 Å². The Bertz CT molecular complexity index is 675. The lowest BCUT2D eigenvalue weighted by Crippen LogP contribution is -1.94. The number of benzene rings is 1. The fraction of sp³-hybridized carbons (Fsp3) is 0.0714. The molecule has 0 spiro atoms. The Morgan fingerprint density at radius 1 is 1.06 bits per heavy atom. The van der Waals surface area contributed by atoms with Gasteiger partial charge in [-0.25, -0.2) is 4.98 Å². The van der Waals surface area contributed by atoms with E-state index in [9.17, 15) is 0 Å². The number of rotatable bonds is 3. The number of hydrogen-bond donors (Lipinski definition) is 2. The molecular weight excluding hydrogens is 242 g/mol. The molecule has 0 aliphatic carbocycles. The van der Waals surface area contributed by atoms with Crippen molar-refractivity contribution in [3.63, 3.8) is 0 Å². The third kappa shape index (κ3) is 2.15. The Hall–Kier alpha value is -2.07. The molecule has 0 aliphatic rings. The lowest BCUT2D eigenvalue weighted by atomic mass is 10.2. The second-order valence-electron chi connectivity index (χ2n) is 3.98. The fourth-order valence-electron chi connectivity index (χ4n) is 1.86. The second kappa shape index (κ2) is 4.66. The first-order chi connectivity index (χ1) is 8.85. The summed E-state index contributed by atoms with van der Waals surface area (Å²) in [5.74, 6) is 0.858. The quantitative estimate of drug-likeness (QED) is 0.740. The largest absolute Gasteiger partial charge is 0.373 e. The lowest BCUT2D eigenvalue weighted by Gasteiger charge is -2.07. The topological polar surface area (TPSA) is 37.0 Å². The Balaban J connectivity index is 1.90. The van der Waals surface area contributed by atoms with Gasteiger partial charge in [0.15, 0.2) is 0 Å². The van der Waals surface area contributed by atoms with Crippen LogP contribution in [0.15, 0.2) is 48.0 Å². The van der Waals surface area contributed by atoms with Gasteiger partial charge in [-0.3, -0.25) is 0 Å². The van der Waals surface area contributed by atoms with E-state index < -0.39 is 0 Å². The Morgan fingerprint density at radius 3 is 2.83 bits per heavy atom. The average Bonchev–Trinajstić information content (AvgIpc) is 2.86. The molecule has 18 heavy (non-hydrogen) atoms. The van der Waals surface area contributed by atoms with E-state index in [2.05, 4.69) is 45.3 Å². The number of hydrogen-bond acceptors (Lipinski definition) is 4. The first-order valence-electron chi connectivity index (χ1n) is 5.73. The monoisotopic (exact) mass is 255 g/mol. The van der Waals surface area contributed by atoms with Gasteiger partial charge >= 0.3 is 0 Å². The average molecular weight is 255 g/mol. The summed E-state index contributed by atoms with van der Waals surface area (Å²) in [5.41, 5.74) is 2.12. The summed E-state index contributed by atoms with van der Waals surface area (Å²) in [5, 5.41) is 9.80. The van der Waals surface area contributed by atoms with Crippen molar-refractivity contribution in [3.05, 3.63) is 48.0 Å². The predicted molar refractivity (Wildman–Crippen MR) is 78.9 cm³/mol. The number of anilines is 3. The maximum Gasteiger partial charge on any atom is 0.127 e. The third-order valence-corrected chi connectivity index (χ3v) is 3.66. The van der Waals surface area contributed by atoms with E-state index in [-0.39, 0.29) is 0 Å². The highest BCUT2D eigenvalue weighted by Crippen LogP contribution is 2.26. The first kappa shape index (κ1) is 11.0. The predicted octanol–water partition coefficient (Wildman–Crippen LogP) is 4.08. The number of nitrogens with one attached hydrogen (secondary N) is 2. The summed E-state index contributed by atoms with van der Waals surface area (Å²) in [6, 6.07) is 12.5. The zero-order valence-corrected chi connectivity index (χ0v) is 10.8. The number of nitrogens with zero attached hydrogens (tertiary/aromatic N) is 1. The molecule has 0 bridgehead atoms. The number of aromatic nitrogens is 1. The van der Waals surface area contributed by atoms with Crippen molar-refractivity contribution >= 4 is 38.6 Å². The summed E-state index contributed by atoms with van der Waals surface area (Å²) >= 11 is 1.76. The van der Waals surface area contributed by atoms with Crippen LogP contribution in [0.1, 0.15) is 0 Å². The molecule has 2 heterocycles. The van der Waals surface area contributed by atoms with E-state index >= 15 is 0 Å². The molecule has 0 fully saturated rings. The molecule has 0 unspecified atom stereocenters. The van der Waals surface area contributed by atoms with Crippen LogP contribution in [0.4, 0.5) is 17.2 Å². The summed E-state index contributed by atoms with van der Waals surface area (Å²) < 4.78 is 1.31. The van der Waals surface area contributed by atoms with Gasteiger partial charge in [0, 0.05) is 35.4 Å². The first-order valence-corrected chi connectivity index (χ1v) is 6.61. The summed E-state index contributed by atoms with van der Waals surface area (Å²) in [7, 11) is 1.86. The minimum absolute atomic E-state index is 0.858. The van der Waals surface area contributed by atoms with E-state index in [0.29, 0.717) is 0 Å². The molecule has 0 radical (unpaired) electrons. The highest BCUT2D eigenvalue weighted by atomic mass is 32.1. The van der Waals surface area contributed by atoms with E-state index in [4.69, 9.17) is 0 Å². The summed E-state index contributed by atoms with van der Waals surface area (Å²) in [6.45, 7) is 0. The van der Waals surface area contributed by atoms with Crippen LogP contribution in [-0.2, 0) is 0 Å². The second-order valence-corrected chi connectivity index (χ2v) is 4.93. The highest BCUT2D eigenvalue weighted by Gasteiger charge is 1.99. The van der Waals surface area contributed by atoms with Crippen LogP contribution in [0.25, 0.3) is 10.1 Å². The zero-order valence-electron chi connectivity index (χ0n) is 9.97. The van der Waals surface area contributed by atoms with E-state index in [1.165, 1.54) is 10.1 Å². The summed E-state index contributed by atoms with van der Waals surface area (Å²) in [6.07, 6.45) is 1.79. The zero-order chi connectivity index (χ0) is 12.4. The molecule has 90 valence electrons. The molecule has 2 aromatic heterocycles. The van der Waals surface area contributed by atoms with Crippen LogP contribution >= 0.6 is 11.3 Å². The smallest absolute Gasteiger partial charge is 0.127 e. The Kier molecular flexibility index (Phi) is 2.86. The highest BCUT2D eigenvalue weighted by molar-refractivity contribution is 7.17. The third-order valence-electron chi connectivity index (χ3n) is 2.76. The van der Waals surface area contributed by atoms with E-state index in [0.717, 1.165) is 17.2 Å². The van der Waals surface area contributed by atoms with Crippen LogP contribution in [0.2, 0.25) is 0 Å². The molecule has 0 amide bonds. The molecule has 0 saturated heterocycles. The van der Waals surface area contributed by atoms with Crippen LogP contribution in [0, 0.1) is 0 Å². The van der Waals surface area contributed by atoms with Crippen LogP contribution in [0.3, 0.4) is 0 Å². The van der Waals surface area contributed by atoms with Crippen molar-refractivity contribution in [1.82, 2.24) is 4.98 Å². The van der Waals surface area contributed by atoms with Gasteiger partial charge in [0.2, 0.25) is 0 Å². The van der Waals surface area contributed by atoms with Gasteiger partial charge in [0.05, 0.1) is 0 Å². The van der Waals surface area contributed by atoms with Crippen LogP contribution in [0.5, 0.6) is 0 Å². The van der Waals surface area contributed by atoms with Crippen molar-refractivity contribution < 1.29 is 0 Å². The van der Waals surface area contributed by atoms with Crippen molar-refractivity contribution in [2.24, 2.45) is 0 Å². The molecule has 0 saturated carbocycles. The molecule has 3 rings (SSSR count). The van der Waals surface area contributed by atoms with Gasteiger partial charge < -0.3 is 10.6 Å². The van der Waals surface area contributed by atoms with Gasteiger partial charge in [-0.1, -0.05) is 0 Å². The van der Waals surface area contributed by atoms with Gasteiger partial charge in [0.25, 0.3) is 0 Å². The van der Waals surface area contributed by atoms with Crippen molar-refractivity contribution in [1.29, 1.82) is 0 Å². The molecular formula is C14H13N3S. The van der Waals surface area contributed by atoms with Gasteiger partial charge in [0.1, 0.15) is 5.82 Å². The molecule has 2 N–H and O–H groups in total. The minimum atomic E-state index is 0.858. The Morgan fingerprint density at radius 2 is 1.94 bits per heavy atom. The van der Waals surface area contributed by atoms with E-state index in [1.807, 2.05) is 19.2 Å². The molecule has 0 atom stereocenters. The fourth-order valence-corrected chi connectivity index (χ4v) is 2.63. The maximum atomic E-state index is 4.19. The summed E-state index contributed by atoms with van der Waals surface area (Å²) in [4.78, 5) is 4.19. The van der Waals surface area contributed by atoms with E-state index in [1.54, 1.807) is 17.5 Å². The Labute approximate surface area is 109 Å². The molecule has 3 aromatic rings. The molecule has 1 aromatic carbocycles.